The SMILES string of the molecule is CC(C)CN1C[C@H](C(=O)NCCc2nnc3ccccn23)CC1=O. The van der Waals surface area contributed by atoms with Gasteiger partial charge in [0.05, 0.1) is 5.92 Å². The standard InChI is InChI=1S/C17H23N5O2/c1-12(2)10-21-11-13(9-16(21)23)17(24)18-7-6-15-20-19-14-5-3-4-8-22(14)15/h3-5,8,12-13H,6-7,9-11H2,1-2H3,(H,18,24)/t13-/m1/s1. The third kappa shape index (κ3) is 3.55. The summed E-state index contributed by atoms with van der Waals surface area (Å²) in [6.45, 7) is 5.88. The van der Waals surface area contributed by atoms with Gasteiger partial charge >= 0.3 is 0 Å². The Balaban J connectivity index is 1.50. The van der Waals surface area contributed by atoms with Gasteiger partial charge in [0.1, 0.15) is 5.82 Å². The Morgan fingerprint density at radius 3 is 3.00 bits per heavy atom. The molecule has 0 aromatic carbocycles. The molecule has 1 atom stereocenters. The quantitative estimate of drug-likeness (QED) is 0.854. The van der Waals surface area contributed by atoms with Crippen LogP contribution in [0.25, 0.3) is 5.65 Å². The first-order valence-electron chi connectivity index (χ1n) is 8.38. The first-order valence-corrected chi connectivity index (χ1v) is 8.38. The number of carbonyl (C=O) groups is 2. The molecule has 0 radical (unpaired) electrons. The molecule has 1 fully saturated rings. The second kappa shape index (κ2) is 6.98. The van der Waals surface area contributed by atoms with Crippen LogP contribution in [0.2, 0.25) is 0 Å². The highest BCUT2D eigenvalue weighted by Gasteiger charge is 2.34. The normalized spacial score (nSPS) is 17.9. The van der Waals surface area contributed by atoms with Crippen LogP contribution in [0.15, 0.2) is 24.4 Å². The summed E-state index contributed by atoms with van der Waals surface area (Å²) in [6.07, 6.45) is 2.83. The largest absolute Gasteiger partial charge is 0.355 e. The minimum absolute atomic E-state index is 0.0524. The second-order valence-corrected chi connectivity index (χ2v) is 6.68. The molecule has 1 saturated heterocycles. The van der Waals surface area contributed by atoms with Crippen LogP contribution in [-0.2, 0) is 16.0 Å². The summed E-state index contributed by atoms with van der Waals surface area (Å²) >= 11 is 0. The third-order valence-corrected chi connectivity index (χ3v) is 4.20. The summed E-state index contributed by atoms with van der Waals surface area (Å²) in [5.41, 5.74) is 0.796. The zero-order valence-corrected chi connectivity index (χ0v) is 14.1. The molecule has 1 aliphatic heterocycles. The Bertz CT molecular complexity index is 739. The summed E-state index contributed by atoms with van der Waals surface area (Å²) in [5.74, 6) is 1.01. The van der Waals surface area contributed by atoms with E-state index in [9.17, 15) is 9.59 Å². The van der Waals surface area contributed by atoms with E-state index in [1.54, 1.807) is 4.90 Å². The number of aromatic nitrogens is 3. The molecule has 3 heterocycles. The number of rotatable bonds is 6. The fraction of sp³-hybridized carbons (Fsp3) is 0.529. The molecule has 7 nitrogen and oxygen atoms in total. The lowest BCUT2D eigenvalue weighted by Gasteiger charge is -2.18. The number of nitrogens with zero attached hydrogens (tertiary/aromatic N) is 4. The van der Waals surface area contributed by atoms with E-state index < -0.39 is 0 Å². The maximum Gasteiger partial charge on any atom is 0.225 e. The molecule has 3 rings (SSSR count). The molecule has 1 N–H and O–H groups in total. The molecule has 7 heteroatoms. The molecule has 128 valence electrons. The minimum atomic E-state index is -0.244. The molecule has 1 aliphatic rings. The van der Waals surface area contributed by atoms with Gasteiger partial charge in [-0.15, -0.1) is 10.2 Å². The van der Waals surface area contributed by atoms with Crippen molar-refractivity contribution in [1.82, 2.24) is 24.8 Å². The lowest BCUT2D eigenvalue weighted by molar-refractivity contribution is -0.129. The summed E-state index contributed by atoms with van der Waals surface area (Å²) in [6, 6.07) is 5.73. The minimum Gasteiger partial charge on any atom is -0.355 e. The van der Waals surface area contributed by atoms with Crippen molar-refractivity contribution in [3.8, 4) is 0 Å². The van der Waals surface area contributed by atoms with Crippen molar-refractivity contribution >= 4 is 17.5 Å². The van der Waals surface area contributed by atoms with Gasteiger partial charge in [0.15, 0.2) is 5.65 Å². The summed E-state index contributed by atoms with van der Waals surface area (Å²) in [4.78, 5) is 26.0. The van der Waals surface area contributed by atoms with Crippen LogP contribution < -0.4 is 5.32 Å². The van der Waals surface area contributed by atoms with Gasteiger partial charge < -0.3 is 10.2 Å². The number of fused-ring (bicyclic) bond motifs is 1. The van der Waals surface area contributed by atoms with Crippen LogP contribution in [0.3, 0.4) is 0 Å². The summed E-state index contributed by atoms with van der Waals surface area (Å²) in [7, 11) is 0. The van der Waals surface area contributed by atoms with Crippen LogP contribution >= 0.6 is 0 Å². The monoisotopic (exact) mass is 329 g/mol. The molecule has 0 saturated carbocycles. The van der Waals surface area contributed by atoms with Crippen LogP contribution in [0, 0.1) is 11.8 Å². The first kappa shape index (κ1) is 16.4. The van der Waals surface area contributed by atoms with Gasteiger partial charge in [0.2, 0.25) is 11.8 Å². The fourth-order valence-electron chi connectivity index (χ4n) is 3.07. The summed E-state index contributed by atoms with van der Waals surface area (Å²) in [5, 5.41) is 11.2. The fourth-order valence-corrected chi connectivity index (χ4v) is 3.07. The summed E-state index contributed by atoms with van der Waals surface area (Å²) < 4.78 is 1.91. The van der Waals surface area contributed by atoms with E-state index in [1.165, 1.54) is 0 Å². The average molecular weight is 329 g/mol. The molecule has 2 amide bonds. The maximum absolute atomic E-state index is 12.3. The average Bonchev–Trinajstić information content (AvgIpc) is 3.11. The predicted octanol–water partition coefficient (Wildman–Crippen LogP) is 0.892. The number of amides is 2. The molecule has 24 heavy (non-hydrogen) atoms. The topological polar surface area (TPSA) is 79.6 Å². The maximum atomic E-state index is 12.3. The van der Waals surface area contributed by atoms with Gasteiger partial charge in [0, 0.05) is 38.7 Å². The Morgan fingerprint density at radius 2 is 2.21 bits per heavy atom. The first-order chi connectivity index (χ1) is 11.5. The molecule has 2 aromatic rings. The lowest BCUT2D eigenvalue weighted by atomic mass is 10.1. The Morgan fingerprint density at radius 1 is 1.38 bits per heavy atom. The zero-order chi connectivity index (χ0) is 17.1. The van der Waals surface area contributed by atoms with E-state index in [1.807, 2.05) is 28.8 Å². The van der Waals surface area contributed by atoms with Crippen LogP contribution in [0.1, 0.15) is 26.1 Å². The lowest BCUT2D eigenvalue weighted by Crippen LogP contribution is -2.35. The van der Waals surface area contributed by atoms with Gasteiger partial charge in [-0.1, -0.05) is 19.9 Å². The van der Waals surface area contributed by atoms with Crippen molar-refractivity contribution in [3.05, 3.63) is 30.2 Å². The predicted molar refractivity (Wildman–Crippen MR) is 89.2 cm³/mol. The van der Waals surface area contributed by atoms with Crippen molar-refractivity contribution in [2.45, 2.75) is 26.7 Å². The highest BCUT2D eigenvalue weighted by atomic mass is 16.2. The van der Waals surface area contributed by atoms with Crippen molar-refractivity contribution in [3.63, 3.8) is 0 Å². The molecule has 0 bridgehead atoms. The molecular formula is C17H23N5O2. The van der Waals surface area contributed by atoms with Crippen LogP contribution in [-0.4, -0.2) is 50.9 Å². The Hall–Kier alpha value is -2.44. The van der Waals surface area contributed by atoms with E-state index >= 15 is 0 Å². The van der Waals surface area contributed by atoms with Crippen molar-refractivity contribution < 1.29 is 9.59 Å². The number of hydrogen-bond donors (Lipinski definition) is 1. The van der Waals surface area contributed by atoms with E-state index in [2.05, 4.69) is 29.4 Å². The second-order valence-electron chi connectivity index (χ2n) is 6.68. The number of nitrogens with one attached hydrogen (secondary N) is 1. The van der Waals surface area contributed by atoms with E-state index in [4.69, 9.17) is 0 Å². The van der Waals surface area contributed by atoms with Crippen molar-refractivity contribution in [2.75, 3.05) is 19.6 Å². The van der Waals surface area contributed by atoms with Gasteiger partial charge in [0.25, 0.3) is 0 Å². The van der Waals surface area contributed by atoms with Gasteiger partial charge in [-0.3, -0.25) is 14.0 Å². The number of likely N-dealkylation sites (tertiary alicyclic amines) is 1. The number of carbonyl (C=O) groups excluding carboxylic acids is 2. The van der Waals surface area contributed by atoms with E-state index in [-0.39, 0.29) is 17.7 Å². The zero-order valence-electron chi connectivity index (χ0n) is 14.1. The smallest absolute Gasteiger partial charge is 0.225 e. The molecule has 0 spiro atoms. The Kier molecular flexibility index (Phi) is 4.78. The molecular weight excluding hydrogens is 306 g/mol. The third-order valence-electron chi connectivity index (χ3n) is 4.20. The van der Waals surface area contributed by atoms with Crippen molar-refractivity contribution in [1.29, 1.82) is 0 Å². The highest BCUT2D eigenvalue weighted by Crippen LogP contribution is 2.19. The van der Waals surface area contributed by atoms with E-state index in [0.717, 1.165) is 11.5 Å². The Labute approximate surface area is 141 Å². The van der Waals surface area contributed by atoms with Crippen molar-refractivity contribution in [2.24, 2.45) is 11.8 Å². The highest BCUT2D eigenvalue weighted by molar-refractivity contribution is 5.89. The van der Waals surface area contributed by atoms with E-state index in [0.29, 0.717) is 38.4 Å². The molecule has 2 aromatic heterocycles. The van der Waals surface area contributed by atoms with Gasteiger partial charge in [-0.2, -0.15) is 0 Å². The van der Waals surface area contributed by atoms with Crippen LogP contribution in [0.5, 0.6) is 0 Å². The number of pyridine rings is 1. The molecule has 0 aliphatic carbocycles. The molecule has 0 unspecified atom stereocenters. The van der Waals surface area contributed by atoms with Gasteiger partial charge in [-0.05, 0) is 18.1 Å². The number of hydrogen-bond acceptors (Lipinski definition) is 4. The van der Waals surface area contributed by atoms with Crippen LogP contribution in [0.4, 0.5) is 0 Å². The van der Waals surface area contributed by atoms with Gasteiger partial charge in [-0.25, -0.2) is 0 Å².